The first-order valence-electron chi connectivity index (χ1n) is 8.68. The van der Waals surface area contributed by atoms with Gasteiger partial charge < -0.3 is 9.84 Å². The van der Waals surface area contributed by atoms with Crippen molar-refractivity contribution in [3.63, 3.8) is 0 Å². The van der Waals surface area contributed by atoms with Gasteiger partial charge in [-0.2, -0.15) is 0 Å². The summed E-state index contributed by atoms with van der Waals surface area (Å²) in [6, 6.07) is 9.82. The van der Waals surface area contributed by atoms with Crippen molar-refractivity contribution in [3.05, 3.63) is 35.9 Å². The maximum atomic E-state index is 12.3. The molecule has 1 spiro atoms. The van der Waals surface area contributed by atoms with E-state index in [2.05, 4.69) is 4.40 Å². The minimum Gasteiger partial charge on any atom is -0.472 e. The van der Waals surface area contributed by atoms with Gasteiger partial charge in [0.05, 0.1) is 0 Å². The Labute approximate surface area is 143 Å². The molecule has 1 fully saturated rings. The molecule has 0 aromatic heterocycles. The molecule has 0 unspecified atom stereocenters. The van der Waals surface area contributed by atoms with E-state index in [1.807, 2.05) is 30.3 Å². The van der Waals surface area contributed by atoms with Crippen LogP contribution in [-0.4, -0.2) is 37.4 Å². The molecule has 0 bridgehead atoms. The van der Waals surface area contributed by atoms with Gasteiger partial charge in [0.15, 0.2) is 0 Å². The SMILES string of the molecule is O=S1(=O)CC2(CCCCC2)OC(C[C@@H](CCO)c2ccccc2)=N1. The second-order valence-electron chi connectivity index (χ2n) is 6.88. The Morgan fingerprint density at radius 2 is 1.88 bits per heavy atom. The molecule has 6 heteroatoms. The fourth-order valence-electron chi connectivity index (χ4n) is 3.82. The lowest BCUT2D eigenvalue weighted by atomic mass is 9.85. The molecule has 1 aromatic carbocycles. The van der Waals surface area contributed by atoms with E-state index in [-0.39, 0.29) is 18.3 Å². The molecule has 1 aliphatic carbocycles. The zero-order valence-electron chi connectivity index (χ0n) is 13.9. The Kier molecular flexibility index (Phi) is 5.25. The molecule has 2 aliphatic rings. The highest BCUT2D eigenvalue weighted by molar-refractivity contribution is 7.90. The van der Waals surface area contributed by atoms with Gasteiger partial charge >= 0.3 is 0 Å². The van der Waals surface area contributed by atoms with Gasteiger partial charge in [-0.05, 0) is 43.6 Å². The monoisotopic (exact) mass is 351 g/mol. The molecule has 1 heterocycles. The van der Waals surface area contributed by atoms with Gasteiger partial charge in [0.1, 0.15) is 11.4 Å². The molecular formula is C18H25NO4S. The second kappa shape index (κ2) is 7.23. The van der Waals surface area contributed by atoms with Crippen LogP contribution in [0.5, 0.6) is 0 Å². The summed E-state index contributed by atoms with van der Waals surface area (Å²) in [6.07, 6.45) is 5.66. The van der Waals surface area contributed by atoms with Crippen LogP contribution in [0.3, 0.4) is 0 Å². The van der Waals surface area contributed by atoms with Gasteiger partial charge in [0.25, 0.3) is 10.0 Å². The van der Waals surface area contributed by atoms with Crippen molar-refractivity contribution < 1.29 is 18.3 Å². The molecule has 1 N–H and O–H groups in total. The van der Waals surface area contributed by atoms with Crippen molar-refractivity contribution in [2.45, 2.75) is 56.5 Å². The normalized spacial score (nSPS) is 23.3. The standard InChI is InChI=1S/C18H25NO4S/c20-12-9-16(15-7-3-1-4-8-15)13-17-19-24(21,22)14-18(23-17)10-5-2-6-11-18/h1,3-4,7-8,16,20H,2,5-6,9-14H2/t16-/m1/s1. The number of sulfonamides is 1. The number of hydrogen-bond donors (Lipinski definition) is 1. The molecule has 1 aliphatic heterocycles. The van der Waals surface area contributed by atoms with Crippen molar-refractivity contribution in [1.82, 2.24) is 0 Å². The number of nitrogens with zero attached hydrogens (tertiary/aromatic N) is 1. The lowest BCUT2D eigenvalue weighted by Crippen LogP contribution is -2.46. The topological polar surface area (TPSA) is 76.0 Å². The van der Waals surface area contributed by atoms with E-state index >= 15 is 0 Å². The van der Waals surface area contributed by atoms with Gasteiger partial charge in [0, 0.05) is 13.0 Å². The molecule has 0 saturated heterocycles. The quantitative estimate of drug-likeness (QED) is 0.885. The van der Waals surface area contributed by atoms with Crippen LogP contribution in [0.25, 0.3) is 0 Å². The summed E-state index contributed by atoms with van der Waals surface area (Å²) in [5.41, 5.74) is 0.479. The zero-order chi connectivity index (χ0) is 17.0. The molecule has 5 nitrogen and oxygen atoms in total. The summed E-state index contributed by atoms with van der Waals surface area (Å²) < 4.78 is 34.6. The first-order chi connectivity index (χ1) is 11.5. The number of aliphatic hydroxyl groups excluding tert-OH is 1. The van der Waals surface area contributed by atoms with Crippen LogP contribution >= 0.6 is 0 Å². The molecule has 1 atom stereocenters. The molecular weight excluding hydrogens is 326 g/mol. The highest BCUT2D eigenvalue weighted by Gasteiger charge is 2.43. The maximum absolute atomic E-state index is 12.3. The van der Waals surface area contributed by atoms with Crippen LogP contribution < -0.4 is 0 Å². The summed E-state index contributed by atoms with van der Waals surface area (Å²) in [5, 5.41) is 9.37. The zero-order valence-corrected chi connectivity index (χ0v) is 14.7. The number of benzene rings is 1. The van der Waals surface area contributed by atoms with Crippen LogP contribution in [0, 0.1) is 0 Å². The van der Waals surface area contributed by atoms with Crippen molar-refractivity contribution in [2.24, 2.45) is 4.40 Å². The van der Waals surface area contributed by atoms with E-state index < -0.39 is 15.6 Å². The largest absolute Gasteiger partial charge is 0.472 e. The molecule has 3 rings (SSSR count). The molecule has 0 radical (unpaired) electrons. The summed E-state index contributed by atoms with van der Waals surface area (Å²) >= 11 is 0. The summed E-state index contributed by atoms with van der Waals surface area (Å²) in [5.74, 6) is 0.314. The summed E-state index contributed by atoms with van der Waals surface area (Å²) in [6.45, 7) is 0.0464. The van der Waals surface area contributed by atoms with E-state index in [0.717, 1.165) is 37.7 Å². The van der Waals surface area contributed by atoms with Crippen LogP contribution in [0.2, 0.25) is 0 Å². The summed E-state index contributed by atoms with van der Waals surface area (Å²) in [7, 11) is -3.48. The lowest BCUT2D eigenvalue weighted by Gasteiger charge is -2.39. The lowest BCUT2D eigenvalue weighted by molar-refractivity contribution is 0.0328. The Morgan fingerprint density at radius 1 is 1.17 bits per heavy atom. The third-order valence-electron chi connectivity index (χ3n) is 4.96. The number of aliphatic hydroxyl groups is 1. The third kappa shape index (κ3) is 4.16. The number of ether oxygens (including phenoxy) is 1. The van der Waals surface area contributed by atoms with Crippen LogP contribution in [0.1, 0.15) is 56.4 Å². The van der Waals surface area contributed by atoms with E-state index in [1.54, 1.807) is 0 Å². The fraction of sp³-hybridized carbons (Fsp3) is 0.611. The smallest absolute Gasteiger partial charge is 0.260 e. The third-order valence-corrected chi connectivity index (χ3v) is 6.33. The highest BCUT2D eigenvalue weighted by atomic mass is 32.2. The first kappa shape index (κ1) is 17.4. The van der Waals surface area contributed by atoms with E-state index in [9.17, 15) is 13.5 Å². The highest BCUT2D eigenvalue weighted by Crippen LogP contribution is 2.37. The predicted octanol–water partition coefficient (Wildman–Crippen LogP) is 3.00. The number of hydrogen-bond acceptors (Lipinski definition) is 4. The Bertz CT molecular complexity index is 678. The van der Waals surface area contributed by atoms with Crippen molar-refractivity contribution in [1.29, 1.82) is 0 Å². The second-order valence-corrected chi connectivity index (χ2v) is 8.52. The van der Waals surface area contributed by atoms with Gasteiger partial charge in [-0.25, -0.2) is 8.42 Å². The minimum absolute atomic E-state index is 0.000492. The van der Waals surface area contributed by atoms with Crippen LogP contribution in [0.4, 0.5) is 0 Å². The van der Waals surface area contributed by atoms with E-state index in [4.69, 9.17) is 4.74 Å². The van der Waals surface area contributed by atoms with Crippen molar-refractivity contribution in [3.8, 4) is 0 Å². The van der Waals surface area contributed by atoms with Gasteiger partial charge in [-0.1, -0.05) is 36.8 Å². The van der Waals surface area contributed by atoms with Gasteiger partial charge in [-0.15, -0.1) is 4.40 Å². The van der Waals surface area contributed by atoms with E-state index in [0.29, 0.717) is 18.7 Å². The van der Waals surface area contributed by atoms with Crippen molar-refractivity contribution in [2.75, 3.05) is 12.4 Å². The molecule has 0 amide bonds. The first-order valence-corrected chi connectivity index (χ1v) is 10.3. The molecule has 24 heavy (non-hydrogen) atoms. The average Bonchev–Trinajstić information content (AvgIpc) is 2.54. The van der Waals surface area contributed by atoms with Gasteiger partial charge in [-0.3, -0.25) is 0 Å². The van der Waals surface area contributed by atoms with Gasteiger partial charge in [0.2, 0.25) is 5.90 Å². The molecule has 1 saturated carbocycles. The summed E-state index contributed by atoms with van der Waals surface area (Å²) in [4.78, 5) is 0. The van der Waals surface area contributed by atoms with Crippen molar-refractivity contribution >= 4 is 15.9 Å². The molecule has 1 aromatic rings. The Balaban J connectivity index is 1.82. The Hall–Kier alpha value is -1.40. The average molecular weight is 351 g/mol. The maximum Gasteiger partial charge on any atom is 0.260 e. The van der Waals surface area contributed by atoms with Crippen LogP contribution in [-0.2, 0) is 14.8 Å². The molecule has 132 valence electrons. The fourth-order valence-corrected chi connectivity index (χ4v) is 5.32. The minimum atomic E-state index is -3.48. The van der Waals surface area contributed by atoms with Crippen LogP contribution in [0.15, 0.2) is 34.7 Å². The number of rotatable bonds is 5. The van der Waals surface area contributed by atoms with E-state index in [1.165, 1.54) is 0 Å². The predicted molar refractivity (Wildman–Crippen MR) is 93.6 cm³/mol. The Morgan fingerprint density at radius 3 is 2.54 bits per heavy atom.